The van der Waals surface area contributed by atoms with Gasteiger partial charge in [0.15, 0.2) is 0 Å². The quantitative estimate of drug-likeness (QED) is 0.375. The molecule has 0 radical (unpaired) electrons. The van der Waals surface area contributed by atoms with Gasteiger partial charge in [-0.2, -0.15) is 17.7 Å². The summed E-state index contributed by atoms with van der Waals surface area (Å²) in [5.74, 6) is -0.337. The molecular weight excluding hydrogens is 268 g/mol. The van der Waals surface area contributed by atoms with E-state index in [1.165, 1.54) is 7.11 Å². The number of esters is 1. The number of hydrogen-bond acceptors (Lipinski definition) is 2. The van der Waals surface area contributed by atoms with E-state index in [2.05, 4.69) is 11.3 Å². The molecule has 2 aromatic rings. The van der Waals surface area contributed by atoms with E-state index in [1.54, 1.807) is 0 Å². The van der Waals surface area contributed by atoms with Crippen LogP contribution in [0.4, 0.5) is 0 Å². The molecule has 0 amide bonds. The minimum absolute atomic E-state index is 0. The Labute approximate surface area is 118 Å². The Kier molecular flexibility index (Phi) is 8.63. The van der Waals surface area contributed by atoms with Crippen LogP contribution >= 0.6 is 0 Å². The SMILES string of the molecule is C=C(C[c-]1cccc1)C(=O)OC.[Fe].[cH-]1[cH-][cH-][cH-][cH-]1. The Morgan fingerprint density at radius 2 is 1.61 bits per heavy atom. The maximum atomic E-state index is 10.9. The topological polar surface area (TPSA) is 26.3 Å². The average Bonchev–Trinajstić information content (AvgIpc) is 3.02. The van der Waals surface area contributed by atoms with Gasteiger partial charge in [-0.3, -0.25) is 0 Å². The van der Waals surface area contributed by atoms with E-state index in [9.17, 15) is 4.79 Å². The summed E-state index contributed by atoms with van der Waals surface area (Å²) in [5, 5.41) is 0. The van der Waals surface area contributed by atoms with E-state index in [0.717, 1.165) is 5.56 Å². The zero-order valence-electron chi connectivity index (χ0n) is 10.3. The molecule has 3 heteroatoms. The summed E-state index contributed by atoms with van der Waals surface area (Å²) in [6.07, 6.45) is 0.569. The van der Waals surface area contributed by atoms with Crippen LogP contribution in [0.15, 0.2) is 66.7 Å². The summed E-state index contributed by atoms with van der Waals surface area (Å²) in [5.41, 5.74) is 1.58. The Morgan fingerprint density at radius 1 is 1.17 bits per heavy atom. The van der Waals surface area contributed by atoms with Crippen molar-refractivity contribution in [2.45, 2.75) is 6.42 Å². The summed E-state index contributed by atoms with van der Waals surface area (Å²) in [6.45, 7) is 3.63. The van der Waals surface area contributed by atoms with E-state index in [0.29, 0.717) is 12.0 Å². The van der Waals surface area contributed by atoms with Gasteiger partial charge in [0, 0.05) is 22.6 Å². The Morgan fingerprint density at radius 3 is 2.00 bits per heavy atom. The summed E-state index contributed by atoms with van der Waals surface area (Å²) < 4.78 is 4.52. The first-order chi connectivity index (χ1) is 8.24. The van der Waals surface area contributed by atoms with E-state index >= 15 is 0 Å². The summed E-state index contributed by atoms with van der Waals surface area (Å²) in [4.78, 5) is 10.9. The van der Waals surface area contributed by atoms with Crippen molar-refractivity contribution in [2.75, 3.05) is 7.11 Å². The molecule has 2 rings (SSSR count). The third kappa shape index (κ3) is 6.24. The van der Waals surface area contributed by atoms with Crippen molar-refractivity contribution < 1.29 is 26.6 Å². The van der Waals surface area contributed by atoms with Crippen molar-refractivity contribution in [3.05, 3.63) is 72.3 Å². The van der Waals surface area contributed by atoms with Crippen LogP contribution in [-0.2, 0) is 33.0 Å². The van der Waals surface area contributed by atoms with Gasteiger partial charge in [0.1, 0.15) is 0 Å². The van der Waals surface area contributed by atoms with Crippen molar-refractivity contribution in [3.8, 4) is 0 Å². The minimum atomic E-state index is -0.337. The molecule has 0 aliphatic carbocycles. The smallest absolute Gasteiger partial charge is 0.332 e. The van der Waals surface area contributed by atoms with Crippen LogP contribution in [0.5, 0.6) is 0 Å². The summed E-state index contributed by atoms with van der Waals surface area (Å²) in [7, 11) is 1.36. The summed E-state index contributed by atoms with van der Waals surface area (Å²) in [6, 6.07) is 17.8. The van der Waals surface area contributed by atoms with Crippen LogP contribution in [0.3, 0.4) is 0 Å². The fourth-order valence-electron chi connectivity index (χ4n) is 1.32. The maximum Gasteiger partial charge on any atom is 0.332 e. The molecule has 0 aliphatic heterocycles. The van der Waals surface area contributed by atoms with Gasteiger partial charge < -0.3 is 35.1 Å². The molecule has 0 bridgehead atoms. The van der Waals surface area contributed by atoms with E-state index in [1.807, 2.05) is 54.6 Å². The van der Waals surface area contributed by atoms with Gasteiger partial charge in [0.2, 0.25) is 0 Å². The van der Waals surface area contributed by atoms with Crippen molar-refractivity contribution in [1.29, 1.82) is 0 Å². The van der Waals surface area contributed by atoms with E-state index in [4.69, 9.17) is 0 Å². The third-order valence-corrected chi connectivity index (χ3v) is 2.18. The van der Waals surface area contributed by atoms with Gasteiger partial charge in [-0.1, -0.05) is 6.58 Å². The molecule has 0 saturated heterocycles. The number of carbonyl (C=O) groups is 1. The molecule has 2 nitrogen and oxygen atoms in total. The largest absolute Gasteiger partial charge is 0.748 e. The van der Waals surface area contributed by atoms with Gasteiger partial charge in [-0.25, -0.2) is 16.9 Å². The molecule has 0 heterocycles. The number of carbonyl (C=O) groups excluding carboxylic acids is 1. The Hall–Kier alpha value is -1.57. The number of rotatable bonds is 3. The van der Waals surface area contributed by atoms with Crippen LogP contribution < -0.4 is 0 Å². The number of hydrogen-bond donors (Lipinski definition) is 0. The molecule has 0 aliphatic rings. The van der Waals surface area contributed by atoms with E-state index < -0.39 is 0 Å². The molecule has 102 valence electrons. The van der Waals surface area contributed by atoms with Gasteiger partial charge in [0.25, 0.3) is 0 Å². The molecular formula is C15H16FeO2-6. The van der Waals surface area contributed by atoms with Crippen molar-refractivity contribution >= 4 is 5.97 Å². The molecule has 0 fully saturated rings. The van der Waals surface area contributed by atoms with Gasteiger partial charge >= 0.3 is 5.97 Å². The summed E-state index contributed by atoms with van der Waals surface area (Å²) >= 11 is 0. The first-order valence-corrected chi connectivity index (χ1v) is 5.37. The minimum Gasteiger partial charge on any atom is -0.748 e. The molecule has 0 unspecified atom stereocenters. The van der Waals surface area contributed by atoms with Crippen molar-refractivity contribution in [1.82, 2.24) is 0 Å². The molecule has 0 aromatic heterocycles. The van der Waals surface area contributed by atoms with Crippen LogP contribution in [0.2, 0.25) is 0 Å². The maximum absolute atomic E-state index is 10.9. The average molecular weight is 284 g/mol. The third-order valence-electron chi connectivity index (χ3n) is 2.18. The van der Waals surface area contributed by atoms with Crippen LogP contribution in [0.25, 0.3) is 0 Å². The van der Waals surface area contributed by atoms with Crippen molar-refractivity contribution in [3.63, 3.8) is 0 Å². The second kappa shape index (κ2) is 9.46. The second-order valence-corrected chi connectivity index (χ2v) is 3.53. The first-order valence-electron chi connectivity index (χ1n) is 5.37. The fraction of sp³-hybridized carbons (Fsp3) is 0.133. The van der Waals surface area contributed by atoms with Crippen LogP contribution in [0.1, 0.15) is 5.56 Å². The molecule has 2 aromatic carbocycles. The normalized spacial score (nSPS) is 8.50. The number of ether oxygens (including phenoxy) is 1. The molecule has 18 heavy (non-hydrogen) atoms. The monoisotopic (exact) mass is 284 g/mol. The van der Waals surface area contributed by atoms with Gasteiger partial charge in [0.05, 0.1) is 7.11 Å². The second-order valence-electron chi connectivity index (χ2n) is 3.53. The zero-order chi connectivity index (χ0) is 12.5. The first kappa shape index (κ1) is 16.4. The Bertz CT molecular complexity index is 410. The van der Waals surface area contributed by atoms with Crippen LogP contribution in [0, 0.1) is 0 Å². The predicted octanol–water partition coefficient (Wildman–Crippen LogP) is 3.08. The van der Waals surface area contributed by atoms with Gasteiger partial charge in [-0.05, 0) is 6.42 Å². The molecule has 0 spiro atoms. The van der Waals surface area contributed by atoms with Crippen molar-refractivity contribution in [2.24, 2.45) is 0 Å². The Balaban J connectivity index is 0.000000405. The number of methoxy groups -OCH3 is 1. The van der Waals surface area contributed by atoms with Gasteiger partial charge in [-0.15, -0.1) is 0 Å². The van der Waals surface area contributed by atoms with E-state index in [-0.39, 0.29) is 23.0 Å². The molecule has 0 atom stereocenters. The standard InChI is InChI=1S/C10H11O2.C5H5.Fe/c1-8(10(11)12-2)7-9-5-3-4-6-9;1-2-4-5-3-1;/h3-6H,1,7H2,2H3;1-5H;/q-1;-5;. The molecule has 0 saturated carbocycles. The van der Waals surface area contributed by atoms with Crippen LogP contribution in [-0.4, -0.2) is 13.1 Å². The molecule has 0 N–H and O–H groups in total. The predicted molar refractivity (Wildman–Crippen MR) is 68.9 cm³/mol. The fourth-order valence-corrected chi connectivity index (χ4v) is 1.32. The zero-order valence-corrected chi connectivity index (χ0v) is 11.4.